The summed E-state index contributed by atoms with van der Waals surface area (Å²) in [6.07, 6.45) is -0.583. The van der Waals surface area contributed by atoms with E-state index in [9.17, 15) is 45.0 Å². The van der Waals surface area contributed by atoms with E-state index in [0.29, 0.717) is 0 Å². The number of anilines is 2. The van der Waals surface area contributed by atoms with Crippen molar-refractivity contribution in [3.63, 3.8) is 0 Å². The van der Waals surface area contributed by atoms with E-state index in [1.54, 1.807) is 0 Å². The fourth-order valence-electron chi connectivity index (χ4n) is 3.37. The monoisotopic (exact) mass is 533 g/mol. The second-order valence-corrected chi connectivity index (χ2v) is 7.93. The van der Waals surface area contributed by atoms with E-state index in [1.165, 1.54) is 42.5 Å². The molecular weight excluding hydrogens is 514 g/mol. The van der Waals surface area contributed by atoms with Crippen molar-refractivity contribution in [2.45, 2.75) is 6.42 Å². The van der Waals surface area contributed by atoms with Crippen LogP contribution in [0.3, 0.4) is 0 Å². The summed E-state index contributed by atoms with van der Waals surface area (Å²) in [4.78, 5) is 50.1. The molecule has 39 heavy (non-hydrogen) atoms. The predicted octanol–water partition coefficient (Wildman–Crippen LogP) is 2.04. The first-order valence-electron chi connectivity index (χ1n) is 11.0. The molecule has 4 aromatic rings. The number of benzene rings is 3. The number of carbonyl (C=O) groups is 3. The SMILES string of the molecule is O=C(Cc1nc(NC(=O)c2cccc(O)c2O)nc(NC(=O)c2cccc(O)c2O)n1)c1cccc(O)c1O. The molecule has 4 rings (SSSR count). The van der Waals surface area contributed by atoms with E-state index in [4.69, 9.17) is 0 Å². The zero-order valence-electron chi connectivity index (χ0n) is 19.7. The third-order valence-electron chi connectivity index (χ3n) is 5.28. The van der Waals surface area contributed by atoms with Gasteiger partial charge in [0, 0.05) is 0 Å². The number of hydrogen-bond acceptors (Lipinski definition) is 12. The molecule has 0 fully saturated rings. The van der Waals surface area contributed by atoms with Crippen LogP contribution >= 0.6 is 0 Å². The standard InChI is InChI=1S/C25H19N5O9/c31-14-7-1-4-11(19(14)35)17(34)10-18-26-24(28-22(38)12-5-2-8-15(32)20(12)36)30-25(27-18)29-23(39)13-6-3-9-16(33)21(13)37/h1-9,31-33,35-37H,10H2,(H2,26,27,28,29,30,38,39). The van der Waals surface area contributed by atoms with Crippen LogP contribution in [0.2, 0.25) is 0 Å². The summed E-state index contributed by atoms with van der Waals surface area (Å²) in [6.45, 7) is 0. The molecule has 1 heterocycles. The molecule has 0 atom stereocenters. The fourth-order valence-corrected chi connectivity index (χ4v) is 3.37. The smallest absolute Gasteiger partial charge is 0.261 e. The Morgan fingerprint density at radius 3 is 1.38 bits per heavy atom. The minimum absolute atomic E-state index is 0.249. The zero-order valence-corrected chi connectivity index (χ0v) is 19.7. The number of aromatic hydroxyl groups is 6. The van der Waals surface area contributed by atoms with Gasteiger partial charge < -0.3 is 30.6 Å². The number of aromatic nitrogens is 3. The fraction of sp³-hybridized carbons (Fsp3) is 0.0400. The Morgan fingerprint density at radius 2 is 0.949 bits per heavy atom. The van der Waals surface area contributed by atoms with Crippen molar-refractivity contribution < 1.29 is 45.0 Å². The van der Waals surface area contributed by atoms with Crippen LogP contribution in [0, 0.1) is 0 Å². The van der Waals surface area contributed by atoms with E-state index >= 15 is 0 Å². The van der Waals surface area contributed by atoms with E-state index in [2.05, 4.69) is 25.6 Å². The first-order chi connectivity index (χ1) is 18.5. The number of nitrogens with zero attached hydrogens (tertiary/aromatic N) is 3. The molecule has 14 nitrogen and oxygen atoms in total. The van der Waals surface area contributed by atoms with Crippen molar-refractivity contribution in [3.05, 3.63) is 77.1 Å². The second kappa shape index (κ2) is 10.6. The average molecular weight is 533 g/mol. The van der Waals surface area contributed by atoms with E-state index in [1.807, 2.05) is 0 Å². The van der Waals surface area contributed by atoms with Crippen LogP contribution in [0.5, 0.6) is 34.5 Å². The number of rotatable bonds is 7. The highest BCUT2D eigenvalue weighted by molar-refractivity contribution is 6.07. The number of hydrogen-bond donors (Lipinski definition) is 8. The Morgan fingerprint density at radius 1 is 0.564 bits per heavy atom. The molecule has 2 amide bonds. The van der Waals surface area contributed by atoms with Gasteiger partial charge in [0.15, 0.2) is 40.3 Å². The number of carbonyl (C=O) groups excluding carboxylic acids is 3. The van der Waals surface area contributed by atoms with Gasteiger partial charge in [0.25, 0.3) is 11.8 Å². The molecule has 198 valence electrons. The molecule has 0 saturated heterocycles. The van der Waals surface area contributed by atoms with Crippen LogP contribution < -0.4 is 10.6 Å². The minimum atomic E-state index is -0.958. The molecule has 0 aliphatic heterocycles. The number of ketones is 1. The molecule has 0 saturated carbocycles. The second-order valence-electron chi connectivity index (χ2n) is 7.93. The Labute approximate surface area is 218 Å². The summed E-state index contributed by atoms with van der Waals surface area (Å²) in [5.74, 6) is -7.65. The van der Waals surface area contributed by atoms with E-state index < -0.39 is 70.4 Å². The lowest BCUT2D eigenvalue weighted by Crippen LogP contribution is -2.20. The molecule has 1 aromatic heterocycles. The Balaban J connectivity index is 1.69. The molecule has 14 heteroatoms. The average Bonchev–Trinajstić information content (AvgIpc) is 2.88. The van der Waals surface area contributed by atoms with Crippen molar-refractivity contribution in [3.8, 4) is 34.5 Å². The summed E-state index contributed by atoms with van der Waals surface area (Å²) in [5, 5.41) is 63.5. The Hall–Kier alpha value is -5.92. The van der Waals surface area contributed by atoms with E-state index in [0.717, 1.165) is 12.1 Å². The lowest BCUT2D eigenvalue weighted by molar-refractivity contribution is 0.0985. The highest BCUT2D eigenvalue weighted by atomic mass is 16.3. The number of phenols is 6. The van der Waals surface area contributed by atoms with Crippen LogP contribution in [0.15, 0.2) is 54.6 Å². The van der Waals surface area contributed by atoms with Gasteiger partial charge in [0.05, 0.1) is 23.1 Å². The van der Waals surface area contributed by atoms with Crippen LogP contribution in [0.4, 0.5) is 11.9 Å². The first-order valence-corrected chi connectivity index (χ1v) is 11.0. The number of phenolic OH excluding ortho intramolecular Hbond substituents is 6. The maximum atomic E-state index is 12.8. The number of para-hydroxylation sites is 3. The van der Waals surface area contributed by atoms with Gasteiger partial charge in [-0.15, -0.1) is 0 Å². The van der Waals surface area contributed by atoms with Crippen LogP contribution in [-0.2, 0) is 6.42 Å². The van der Waals surface area contributed by atoms with Gasteiger partial charge in [0.2, 0.25) is 11.9 Å². The first kappa shape index (κ1) is 26.2. The van der Waals surface area contributed by atoms with Crippen LogP contribution in [0.25, 0.3) is 0 Å². The third kappa shape index (κ3) is 5.59. The van der Waals surface area contributed by atoms with Gasteiger partial charge in [-0.3, -0.25) is 25.0 Å². The normalized spacial score (nSPS) is 10.6. The Bertz CT molecular complexity index is 1420. The Kier molecular flexibility index (Phi) is 7.10. The minimum Gasteiger partial charge on any atom is -0.504 e. The van der Waals surface area contributed by atoms with Gasteiger partial charge in [-0.05, 0) is 36.4 Å². The van der Waals surface area contributed by atoms with Crippen LogP contribution in [0.1, 0.15) is 36.9 Å². The number of Topliss-reactive ketones (excluding diaryl/α,β-unsaturated/α-hetero) is 1. The van der Waals surface area contributed by atoms with Crippen molar-refractivity contribution in [1.29, 1.82) is 0 Å². The zero-order chi connectivity index (χ0) is 28.3. The van der Waals surface area contributed by atoms with Crippen LogP contribution in [-0.4, -0.2) is 63.2 Å². The maximum Gasteiger partial charge on any atom is 0.261 e. The van der Waals surface area contributed by atoms with Gasteiger partial charge in [-0.1, -0.05) is 18.2 Å². The van der Waals surface area contributed by atoms with Crippen molar-refractivity contribution in [1.82, 2.24) is 15.0 Å². The highest BCUT2D eigenvalue weighted by Crippen LogP contribution is 2.31. The molecule has 0 spiro atoms. The number of nitrogens with one attached hydrogen (secondary N) is 2. The highest BCUT2D eigenvalue weighted by Gasteiger charge is 2.21. The van der Waals surface area contributed by atoms with Gasteiger partial charge >= 0.3 is 0 Å². The van der Waals surface area contributed by atoms with Crippen molar-refractivity contribution in [2.75, 3.05) is 10.6 Å². The molecule has 8 N–H and O–H groups in total. The maximum absolute atomic E-state index is 12.8. The summed E-state index contributed by atoms with van der Waals surface area (Å²) in [5.41, 5.74) is -0.929. The molecule has 0 bridgehead atoms. The van der Waals surface area contributed by atoms with Crippen molar-refractivity contribution in [2.24, 2.45) is 0 Å². The third-order valence-corrected chi connectivity index (χ3v) is 5.28. The topological polar surface area (TPSA) is 235 Å². The van der Waals surface area contributed by atoms with Gasteiger partial charge in [-0.2, -0.15) is 15.0 Å². The molecule has 0 aliphatic rings. The molecule has 0 unspecified atom stereocenters. The molecule has 3 aromatic carbocycles. The predicted molar refractivity (Wildman–Crippen MR) is 133 cm³/mol. The number of amides is 2. The molecule has 0 aliphatic carbocycles. The quantitative estimate of drug-likeness (QED) is 0.126. The summed E-state index contributed by atoms with van der Waals surface area (Å²) < 4.78 is 0. The van der Waals surface area contributed by atoms with Gasteiger partial charge in [-0.25, -0.2) is 0 Å². The molecular formula is C25H19N5O9. The summed E-state index contributed by atoms with van der Waals surface area (Å²) >= 11 is 0. The lowest BCUT2D eigenvalue weighted by Gasteiger charge is -2.11. The largest absolute Gasteiger partial charge is 0.504 e. The summed E-state index contributed by atoms with van der Waals surface area (Å²) in [7, 11) is 0. The summed E-state index contributed by atoms with van der Waals surface area (Å²) in [6, 6.07) is 11.1. The van der Waals surface area contributed by atoms with Crippen molar-refractivity contribution >= 4 is 29.5 Å². The van der Waals surface area contributed by atoms with Gasteiger partial charge in [0.1, 0.15) is 5.82 Å². The van der Waals surface area contributed by atoms with E-state index in [-0.39, 0.29) is 22.5 Å². The molecule has 0 radical (unpaired) electrons. The lowest BCUT2D eigenvalue weighted by atomic mass is 10.1.